The number of aryl methyl sites for hydroxylation is 2. The summed E-state index contributed by atoms with van der Waals surface area (Å²) < 4.78 is 7.28. The smallest absolute Gasteiger partial charge is 0.241 e. The van der Waals surface area contributed by atoms with Crippen LogP contribution in [-0.4, -0.2) is 60.9 Å². The number of pyridine rings is 1. The zero-order valence-corrected chi connectivity index (χ0v) is 17.4. The van der Waals surface area contributed by atoms with Crippen LogP contribution in [0.15, 0.2) is 34.3 Å². The fraction of sp³-hybridized carbons (Fsp3) is 0.400. The Bertz CT molecular complexity index is 1110. The molecule has 4 aromatic rings. The summed E-state index contributed by atoms with van der Waals surface area (Å²) in [4.78, 5) is 15.0. The van der Waals surface area contributed by atoms with Crippen molar-refractivity contribution in [3.63, 3.8) is 0 Å². The zero-order valence-electron chi connectivity index (χ0n) is 16.6. The summed E-state index contributed by atoms with van der Waals surface area (Å²) in [6.45, 7) is 7.64. The number of hydrogen-bond acceptors (Lipinski definition) is 8. The lowest BCUT2D eigenvalue weighted by molar-refractivity contribution is 0.112. The van der Waals surface area contributed by atoms with Gasteiger partial charge in [-0.3, -0.25) is 14.5 Å². The molecule has 0 amide bonds. The lowest BCUT2D eigenvalue weighted by atomic mass is 10.2. The highest BCUT2D eigenvalue weighted by Crippen LogP contribution is 2.22. The Morgan fingerprint density at radius 1 is 1.14 bits per heavy atom. The molecule has 0 aliphatic carbocycles. The molecule has 0 spiro atoms. The van der Waals surface area contributed by atoms with Crippen molar-refractivity contribution >= 4 is 22.4 Å². The summed E-state index contributed by atoms with van der Waals surface area (Å²) in [5.41, 5.74) is 3.21. The van der Waals surface area contributed by atoms with Gasteiger partial charge in [0.25, 0.3) is 0 Å². The summed E-state index contributed by atoms with van der Waals surface area (Å²) in [7, 11) is 1.94. The third-order valence-electron chi connectivity index (χ3n) is 5.36. The fourth-order valence-electron chi connectivity index (χ4n) is 3.82. The van der Waals surface area contributed by atoms with Gasteiger partial charge in [-0.05, 0) is 30.0 Å². The van der Waals surface area contributed by atoms with Crippen LogP contribution in [0.3, 0.4) is 0 Å². The van der Waals surface area contributed by atoms with E-state index in [4.69, 9.17) is 4.52 Å². The van der Waals surface area contributed by atoms with Crippen LogP contribution in [0.4, 0.5) is 0 Å². The molecule has 0 unspecified atom stereocenters. The van der Waals surface area contributed by atoms with Gasteiger partial charge >= 0.3 is 0 Å². The molecule has 4 aromatic heterocycles. The van der Waals surface area contributed by atoms with Crippen LogP contribution in [0, 0.1) is 6.92 Å². The molecule has 5 heterocycles. The van der Waals surface area contributed by atoms with Crippen molar-refractivity contribution in [3.8, 4) is 10.7 Å². The maximum absolute atomic E-state index is 5.44. The van der Waals surface area contributed by atoms with Gasteiger partial charge in [0.15, 0.2) is 5.65 Å². The van der Waals surface area contributed by atoms with Crippen molar-refractivity contribution in [1.82, 2.24) is 34.7 Å². The van der Waals surface area contributed by atoms with Crippen molar-refractivity contribution in [2.24, 2.45) is 7.05 Å². The minimum absolute atomic E-state index is 0.683. The molecule has 0 aromatic carbocycles. The second-order valence-electron chi connectivity index (χ2n) is 7.47. The molecule has 150 valence electrons. The van der Waals surface area contributed by atoms with Crippen LogP contribution in [0.5, 0.6) is 0 Å². The molecule has 1 aliphatic heterocycles. The number of rotatable bonds is 5. The monoisotopic (exact) mass is 409 g/mol. The summed E-state index contributed by atoms with van der Waals surface area (Å²) in [5.74, 6) is 1.37. The standard InChI is InChI=1S/C20H23N7OS/c1-14-16-10-15(11-21-20(16)25(2)23-14)12-26-5-7-27(8-6-26)13-18-22-19(24-28-18)17-4-3-9-29-17/h3-4,9-11H,5-8,12-13H2,1-2H3. The Balaban J connectivity index is 1.17. The van der Waals surface area contributed by atoms with Gasteiger partial charge in [-0.25, -0.2) is 4.98 Å². The van der Waals surface area contributed by atoms with Crippen LogP contribution >= 0.6 is 11.3 Å². The molecule has 9 heteroatoms. The van der Waals surface area contributed by atoms with Crippen LogP contribution in [0.1, 0.15) is 17.1 Å². The van der Waals surface area contributed by atoms with E-state index >= 15 is 0 Å². The Morgan fingerprint density at radius 3 is 2.69 bits per heavy atom. The van der Waals surface area contributed by atoms with Crippen LogP contribution < -0.4 is 0 Å². The number of fused-ring (bicyclic) bond motifs is 1. The second-order valence-corrected chi connectivity index (χ2v) is 8.41. The normalized spacial score (nSPS) is 16.1. The number of aromatic nitrogens is 5. The molecule has 8 nitrogen and oxygen atoms in total. The average molecular weight is 410 g/mol. The van der Waals surface area contributed by atoms with E-state index < -0.39 is 0 Å². The van der Waals surface area contributed by atoms with E-state index in [0.717, 1.165) is 54.3 Å². The van der Waals surface area contributed by atoms with Crippen LogP contribution in [0.2, 0.25) is 0 Å². The van der Waals surface area contributed by atoms with Gasteiger partial charge in [0.05, 0.1) is 17.1 Å². The fourth-order valence-corrected chi connectivity index (χ4v) is 4.47. The molecule has 0 bridgehead atoms. The zero-order chi connectivity index (χ0) is 19.8. The highest BCUT2D eigenvalue weighted by atomic mass is 32.1. The number of thiophene rings is 1. The van der Waals surface area contributed by atoms with Gasteiger partial charge in [0.2, 0.25) is 11.7 Å². The summed E-state index contributed by atoms with van der Waals surface area (Å²) in [6, 6.07) is 6.23. The molecule has 0 saturated carbocycles. The van der Waals surface area contributed by atoms with Gasteiger partial charge in [-0.2, -0.15) is 10.1 Å². The largest absolute Gasteiger partial charge is 0.338 e. The molecule has 29 heavy (non-hydrogen) atoms. The van der Waals surface area contributed by atoms with E-state index in [-0.39, 0.29) is 0 Å². The van der Waals surface area contributed by atoms with Crippen LogP contribution in [0.25, 0.3) is 21.7 Å². The van der Waals surface area contributed by atoms with Crippen molar-refractivity contribution in [3.05, 3.63) is 46.9 Å². The minimum Gasteiger partial charge on any atom is -0.338 e. The number of piperazine rings is 1. The Kier molecular flexibility index (Phi) is 4.86. The third-order valence-corrected chi connectivity index (χ3v) is 6.23. The first kappa shape index (κ1) is 18.4. The van der Waals surface area contributed by atoms with E-state index in [9.17, 15) is 0 Å². The van der Waals surface area contributed by atoms with Crippen molar-refractivity contribution in [2.75, 3.05) is 26.2 Å². The first-order valence-electron chi connectivity index (χ1n) is 9.75. The van der Waals surface area contributed by atoms with Crippen molar-refractivity contribution < 1.29 is 4.52 Å². The van der Waals surface area contributed by atoms with E-state index in [1.54, 1.807) is 11.3 Å². The third kappa shape index (κ3) is 3.81. The number of hydrogen-bond donors (Lipinski definition) is 0. The number of nitrogens with zero attached hydrogens (tertiary/aromatic N) is 7. The van der Waals surface area contributed by atoms with Gasteiger partial charge in [0.1, 0.15) is 0 Å². The Labute approximate surface area is 172 Å². The SMILES string of the molecule is Cc1nn(C)c2ncc(CN3CCN(Cc4nc(-c5cccs5)no4)CC3)cc12. The molecular formula is C20H23N7OS. The molecular weight excluding hydrogens is 386 g/mol. The molecule has 1 aliphatic rings. The van der Waals surface area contributed by atoms with Gasteiger partial charge in [0, 0.05) is 51.4 Å². The molecule has 5 rings (SSSR count). The molecule has 1 fully saturated rings. The highest BCUT2D eigenvalue weighted by Gasteiger charge is 2.20. The molecule has 0 atom stereocenters. The lowest BCUT2D eigenvalue weighted by Crippen LogP contribution is -2.45. The topological polar surface area (TPSA) is 76.1 Å². The first-order valence-corrected chi connectivity index (χ1v) is 10.6. The van der Waals surface area contributed by atoms with Gasteiger partial charge in [-0.1, -0.05) is 11.2 Å². The van der Waals surface area contributed by atoms with Gasteiger partial charge < -0.3 is 4.52 Å². The minimum atomic E-state index is 0.683. The predicted molar refractivity (Wildman–Crippen MR) is 111 cm³/mol. The molecule has 0 radical (unpaired) electrons. The van der Waals surface area contributed by atoms with E-state index in [2.05, 4.69) is 36.1 Å². The van der Waals surface area contributed by atoms with E-state index in [1.165, 1.54) is 5.56 Å². The summed E-state index contributed by atoms with van der Waals surface area (Å²) in [6.07, 6.45) is 1.97. The van der Waals surface area contributed by atoms with Crippen molar-refractivity contribution in [2.45, 2.75) is 20.0 Å². The quantitative estimate of drug-likeness (QED) is 0.502. The maximum Gasteiger partial charge on any atom is 0.241 e. The second kappa shape index (κ2) is 7.66. The Hall–Kier alpha value is -2.62. The van der Waals surface area contributed by atoms with Crippen LogP contribution in [-0.2, 0) is 20.1 Å². The van der Waals surface area contributed by atoms with E-state index in [0.29, 0.717) is 18.3 Å². The van der Waals surface area contributed by atoms with Gasteiger partial charge in [-0.15, -0.1) is 11.3 Å². The summed E-state index contributed by atoms with van der Waals surface area (Å²) >= 11 is 1.62. The predicted octanol–water partition coefficient (Wildman–Crippen LogP) is 2.71. The van der Waals surface area contributed by atoms with E-state index in [1.807, 2.05) is 42.4 Å². The maximum atomic E-state index is 5.44. The molecule has 0 N–H and O–H groups in total. The average Bonchev–Trinajstić information content (AvgIpc) is 3.45. The summed E-state index contributed by atoms with van der Waals surface area (Å²) in [5, 5.41) is 11.7. The lowest BCUT2D eigenvalue weighted by Gasteiger charge is -2.33. The first-order chi connectivity index (χ1) is 14.2. The van der Waals surface area contributed by atoms with Crippen molar-refractivity contribution in [1.29, 1.82) is 0 Å². The highest BCUT2D eigenvalue weighted by molar-refractivity contribution is 7.13. The Morgan fingerprint density at radius 2 is 1.93 bits per heavy atom. The molecule has 1 saturated heterocycles.